The van der Waals surface area contributed by atoms with E-state index in [1.807, 2.05) is 18.2 Å². The number of pyridine rings is 1. The lowest BCUT2D eigenvalue weighted by atomic mass is 10.4. The van der Waals surface area contributed by atoms with Crippen LogP contribution < -0.4 is 17.2 Å². The Morgan fingerprint density at radius 3 is 1.00 bits per heavy atom. The molecule has 196 valence electrons. The van der Waals surface area contributed by atoms with Crippen LogP contribution in [0.5, 0.6) is 0 Å². The predicted octanol–water partition coefficient (Wildman–Crippen LogP) is 0.246. The van der Waals surface area contributed by atoms with Gasteiger partial charge in [-0.2, -0.15) is 0 Å². The van der Waals surface area contributed by atoms with Crippen LogP contribution in [0.1, 0.15) is 34.1 Å². The third kappa shape index (κ3) is 337. The Balaban J connectivity index is -0.0000000655. The molecular weight excluding hydrogens is 438 g/mol. The van der Waals surface area contributed by atoms with Gasteiger partial charge in [0.2, 0.25) is 0 Å². The summed E-state index contributed by atoms with van der Waals surface area (Å²) in [5.74, 6) is -3.33. The highest BCUT2D eigenvalue weighted by Gasteiger charge is 1.83. The number of carbonyl (C=O) groups is 4. The van der Waals surface area contributed by atoms with Crippen molar-refractivity contribution in [3.63, 3.8) is 0 Å². The number of aromatic nitrogens is 1. The van der Waals surface area contributed by atoms with Crippen LogP contribution in [0.3, 0.4) is 0 Å². The van der Waals surface area contributed by atoms with Gasteiger partial charge in [0.15, 0.2) is 0 Å². The average molecular weight is 482 g/mol. The van der Waals surface area contributed by atoms with Crippen LogP contribution in [0.4, 0.5) is 0 Å². The molecule has 0 saturated carbocycles. The molecule has 0 aliphatic carbocycles. The number of aliphatic carboxylic acids is 4. The van der Waals surface area contributed by atoms with E-state index in [1.165, 1.54) is 0 Å². The summed E-state index contributed by atoms with van der Waals surface area (Å²) >= 11 is 0. The minimum absolute atomic E-state index is 0.597. The van der Waals surface area contributed by atoms with E-state index in [9.17, 15) is 0 Å². The number of carboxylic acid groups (broad SMARTS) is 4. The molecule has 0 amide bonds. The summed E-state index contributed by atoms with van der Waals surface area (Å²) in [6, 6.07) is 5.72. The first-order chi connectivity index (χ1) is 15.1. The van der Waals surface area contributed by atoms with E-state index < -0.39 is 23.9 Å². The van der Waals surface area contributed by atoms with Crippen LogP contribution in [-0.4, -0.2) is 94.5 Å². The van der Waals surface area contributed by atoms with E-state index >= 15 is 0 Å². The van der Waals surface area contributed by atoms with Crippen LogP contribution in [-0.2, 0) is 19.2 Å². The fraction of sp³-hybridized carbons (Fsp3) is 0.550. The Labute approximate surface area is 196 Å². The van der Waals surface area contributed by atoms with Crippen molar-refractivity contribution in [2.45, 2.75) is 34.1 Å². The molecule has 0 aliphatic rings. The molecule has 0 saturated heterocycles. The number of nitrogens with two attached hydrogens (primary N) is 3. The van der Waals surface area contributed by atoms with Crippen molar-refractivity contribution >= 4 is 23.9 Å². The summed E-state index contributed by atoms with van der Waals surface area (Å²) in [5.41, 5.74) is 15.1. The Morgan fingerprint density at radius 1 is 0.667 bits per heavy atom. The number of hydrogen-bond acceptors (Lipinski definition) is 9. The maximum atomic E-state index is 9.00. The smallest absolute Gasteiger partial charge is 0.300 e. The summed E-state index contributed by atoms with van der Waals surface area (Å²) < 4.78 is 0. The van der Waals surface area contributed by atoms with Gasteiger partial charge in [-0.15, -0.1) is 0 Å². The fourth-order valence-corrected chi connectivity index (χ4v) is 0.720. The second-order valence-corrected chi connectivity index (χ2v) is 5.62. The summed E-state index contributed by atoms with van der Waals surface area (Å²) in [6.07, 6.45) is 4.60. The van der Waals surface area contributed by atoms with Crippen molar-refractivity contribution < 1.29 is 39.6 Å². The number of carboxylic acids is 4. The predicted molar refractivity (Wildman–Crippen MR) is 128 cm³/mol. The van der Waals surface area contributed by atoms with Gasteiger partial charge >= 0.3 is 0 Å². The van der Waals surface area contributed by atoms with Gasteiger partial charge in [-0.1, -0.05) is 6.07 Å². The molecule has 33 heavy (non-hydrogen) atoms. The normalized spacial score (nSPS) is 7.58. The van der Waals surface area contributed by atoms with Crippen LogP contribution in [0.2, 0.25) is 0 Å². The second kappa shape index (κ2) is 42.9. The molecule has 0 aromatic carbocycles. The highest BCUT2D eigenvalue weighted by atomic mass is 16.4. The first kappa shape index (κ1) is 43.7. The van der Waals surface area contributed by atoms with Crippen molar-refractivity contribution in [2.24, 2.45) is 17.2 Å². The van der Waals surface area contributed by atoms with E-state index in [0.717, 1.165) is 47.2 Å². The topological polar surface area (TPSA) is 243 Å². The second-order valence-electron chi connectivity index (χ2n) is 5.62. The fourth-order valence-electron chi connectivity index (χ4n) is 0.720. The standard InChI is InChI=1S/C5H14N2.C5H5N.C2H8N2.4C2H4O2/c1-7(2)5-3-4-6;1-2-4-6-5-3-1;3-1-2-4;4*1-2(3)4/h3-6H2,1-2H3;1-5H;1-4H2;4*1H3,(H,3,4). The van der Waals surface area contributed by atoms with Gasteiger partial charge in [0, 0.05) is 53.2 Å². The Bertz CT molecular complexity index is 440. The van der Waals surface area contributed by atoms with Crippen molar-refractivity contribution in [3.8, 4) is 0 Å². The zero-order valence-electron chi connectivity index (χ0n) is 20.5. The molecule has 0 radical (unpaired) electrons. The Kier molecular flexibility index (Phi) is 56.8. The summed E-state index contributed by atoms with van der Waals surface area (Å²) in [4.78, 5) is 41.9. The molecule has 13 heteroatoms. The minimum Gasteiger partial charge on any atom is -0.481 e. The number of nitrogens with zero attached hydrogens (tertiary/aromatic N) is 2. The van der Waals surface area contributed by atoms with Gasteiger partial charge in [-0.05, 0) is 45.7 Å². The lowest BCUT2D eigenvalue weighted by Gasteiger charge is -2.05. The molecule has 1 rings (SSSR count). The van der Waals surface area contributed by atoms with Crippen molar-refractivity contribution in [1.29, 1.82) is 0 Å². The van der Waals surface area contributed by atoms with Crippen LogP contribution in [0.25, 0.3) is 0 Å². The molecule has 1 aromatic rings. The minimum atomic E-state index is -0.833. The molecule has 0 fully saturated rings. The van der Waals surface area contributed by atoms with Crippen LogP contribution in [0.15, 0.2) is 30.6 Å². The SMILES string of the molecule is CC(=O)O.CC(=O)O.CC(=O)O.CC(=O)O.CN(C)CCCN.NCCN.c1ccncc1. The highest BCUT2D eigenvalue weighted by molar-refractivity contribution is 5.63. The molecule has 1 heterocycles. The Hall–Kier alpha value is -3.13. The zero-order valence-corrected chi connectivity index (χ0v) is 20.5. The summed E-state index contributed by atoms with van der Waals surface area (Å²) in [5, 5.41) is 29.7. The largest absolute Gasteiger partial charge is 0.481 e. The monoisotopic (exact) mass is 481 g/mol. The maximum absolute atomic E-state index is 9.00. The highest BCUT2D eigenvalue weighted by Crippen LogP contribution is 1.76. The van der Waals surface area contributed by atoms with E-state index in [0.29, 0.717) is 13.1 Å². The van der Waals surface area contributed by atoms with E-state index in [-0.39, 0.29) is 0 Å². The van der Waals surface area contributed by atoms with Crippen LogP contribution >= 0.6 is 0 Å². The Morgan fingerprint density at radius 2 is 0.939 bits per heavy atom. The first-order valence-corrected chi connectivity index (χ1v) is 9.50. The molecule has 13 nitrogen and oxygen atoms in total. The molecule has 0 spiro atoms. The summed E-state index contributed by atoms with van der Waals surface area (Å²) in [6.45, 7) is 7.44. The third-order valence-corrected chi connectivity index (χ3v) is 1.54. The number of rotatable bonds is 4. The van der Waals surface area contributed by atoms with Gasteiger partial charge in [0.1, 0.15) is 0 Å². The summed E-state index contributed by atoms with van der Waals surface area (Å²) in [7, 11) is 4.10. The van der Waals surface area contributed by atoms with Crippen molar-refractivity contribution in [1.82, 2.24) is 9.88 Å². The quantitative estimate of drug-likeness (QED) is 0.305. The number of hydrogen-bond donors (Lipinski definition) is 7. The van der Waals surface area contributed by atoms with Gasteiger partial charge in [0.05, 0.1) is 0 Å². The van der Waals surface area contributed by atoms with E-state index in [4.69, 9.17) is 56.8 Å². The molecule has 0 unspecified atom stereocenters. The molecule has 0 aliphatic heterocycles. The van der Waals surface area contributed by atoms with E-state index in [1.54, 1.807) is 12.4 Å². The van der Waals surface area contributed by atoms with Gasteiger partial charge < -0.3 is 42.5 Å². The van der Waals surface area contributed by atoms with Gasteiger partial charge in [-0.3, -0.25) is 24.2 Å². The maximum Gasteiger partial charge on any atom is 0.300 e. The third-order valence-electron chi connectivity index (χ3n) is 1.54. The molecule has 10 N–H and O–H groups in total. The van der Waals surface area contributed by atoms with E-state index in [2.05, 4.69) is 24.0 Å². The molecule has 1 aromatic heterocycles. The zero-order chi connectivity index (χ0) is 27.7. The van der Waals surface area contributed by atoms with Crippen LogP contribution in [0, 0.1) is 0 Å². The lowest BCUT2D eigenvalue weighted by molar-refractivity contribution is -0.135. The molecular formula is C20H43N5O8. The lowest BCUT2D eigenvalue weighted by Crippen LogP contribution is -2.16. The van der Waals surface area contributed by atoms with Gasteiger partial charge in [-0.25, -0.2) is 0 Å². The van der Waals surface area contributed by atoms with Crippen molar-refractivity contribution in [2.75, 3.05) is 40.3 Å². The van der Waals surface area contributed by atoms with Crippen molar-refractivity contribution in [3.05, 3.63) is 30.6 Å². The average Bonchev–Trinajstić information content (AvgIpc) is 2.66. The van der Waals surface area contributed by atoms with Gasteiger partial charge in [0.25, 0.3) is 23.9 Å². The first-order valence-electron chi connectivity index (χ1n) is 9.50. The molecule has 0 bridgehead atoms. The molecule has 0 atom stereocenters.